The normalized spacial score (nSPS) is 24.6. The second-order valence-electron chi connectivity index (χ2n) is 5.32. The lowest BCUT2D eigenvalue weighted by molar-refractivity contribution is -0.123. The van der Waals surface area contributed by atoms with Gasteiger partial charge in [0, 0.05) is 19.6 Å². The molecule has 1 aromatic heterocycles. The number of rotatable bonds is 3. The molecule has 0 aliphatic carbocycles. The molecule has 2 saturated heterocycles. The van der Waals surface area contributed by atoms with E-state index in [1.807, 2.05) is 6.92 Å². The second kappa shape index (κ2) is 5.51. The molecular formula is C13H19N5O2S. The quantitative estimate of drug-likeness (QED) is 0.755. The Morgan fingerprint density at radius 3 is 3.19 bits per heavy atom. The maximum Gasteiger partial charge on any atom is 0.268 e. The molecule has 2 unspecified atom stereocenters. The number of thiazole rings is 1. The molecule has 0 radical (unpaired) electrons. The minimum Gasteiger partial charge on any atom is -0.382 e. The van der Waals surface area contributed by atoms with Gasteiger partial charge in [0.05, 0.1) is 12.0 Å². The zero-order valence-electron chi connectivity index (χ0n) is 11.9. The maximum absolute atomic E-state index is 12.7. The largest absolute Gasteiger partial charge is 0.382 e. The third-order valence-corrected chi connectivity index (χ3v) is 5.05. The van der Waals surface area contributed by atoms with Crippen molar-refractivity contribution >= 4 is 34.1 Å². The minimum absolute atomic E-state index is 0.0529. The highest BCUT2D eigenvalue weighted by Gasteiger charge is 2.43. The Labute approximate surface area is 126 Å². The number of hydrogen-bond donors (Lipinski definition) is 3. The van der Waals surface area contributed by atoms with Gasteiger partial charge in [-0.25, -0.2) is 4.98 Å². The minimum atomic E-state index is -0.111. The van der Waals surface area contributed by atoms with E-state index in [9.17, 15) is 9.59 Å². The Morgan fingerprint density at radius 1 is 1.62 bits per heavy atom. The molecule has 4 N–H and O–H groups in total. The number of nitrogens with zero attached hydrogens (tertiary/aromatic N) is 2. The lowest BCUT2D eigenvalue weighted by atomic mass is 9.91. The summed E-state index contributed by atoms with van der Waals surface area (Å²) in [6, 6.07) is -0.0529. The third kappa shape index (κ3) is 2.44. The maximum atomic E-state index is 12.7. The fourth-order valence-corrected chi connectivity index (χ4v) is 3.95. The summed E-state index contributed by atoms with van der Waals surface area (Å²) in [5.74, 6) is 0.133. The van der Waals surface area contributed by atoms with Gasteiger partial charge in [0.15, 0.2) is 5.13 Å². The third-order valence-electron chi connectivity index (χ3n) is 4.04. The predicted molar refractivity (Wildman–Crippen MR) is 81.2 cm³/mol. The molecule has 114 valence electrons. The summed E-state index contributed by atoms with van der Waals surface area (Å²) in [6.07, 6.45) is 1.69. The van der Waals surface area contributed by atoms with Crippen LogP contribution in [0.25, 0.3) is 0 Å². The highest BCUT2D eigenvalue weighted by Crippen LogP contribution is 2.32. The fourth-order valence-electron chi connectivity index (χ4n) is 3.05. The van der Waals surface area contributed by atoms with E-state index in [2.05, 4.69) is 15.6 Å². The number of nitrogens with one attached hydrogen (secondary N) is 2. The fraction of sp³-hybridized carbons (Fsp3) is 0.615. The second-order valence-corrected chi connectivity index (χ2v) is 6.32. The van der Waals surface area contributed by atoms with E-state index >= 15 is 0 Å². The van der Waals surface area contributed by atoms with Crippen molar-refractivity contribution in [2.45, 2.75) is 25.8 Å². The summed E-state index contributed by atoms with van der Waals surface area (Å²) in [4.78, 5) is 30.9. The number of nitrogens with two attached hydrogens (primary N) is 1. The monoisotopic (exact) mass is 309 g/mol. The van der Waals surface area contributed by atoms with Crippen molar-refractivity contribution in [1.29, 1.82) is 0 Å². The first kappa shape index (κ1) is 14.1. The average molecular weight is 309 g/mol. The Kier molecular flexibility index (Phi) is 3.71. The van der Waals surface area contributed by atoms with Crippen LogP contribution < -0.4 is 16.4 Å². The number of piperidine rings is 1. The average Bonchev–Trinajstić information content (AvgIpc) is 3.02. The van der Waals surface area contributed by atoms with E-state index in [0.717, 1.165) is 19.4 Å². The lowest BCUT2D eigenvalue weighted by Crippen LogP contribution is -2.48. The standard InChI is InChI=1S/C13H19N5O2S/c1-2-15-13-17-10(14)9(21-13)12(20)18-5-3-4-7-8(18)6-16-11(7)19/h7-8H,2-6,14H2,1H3,(H,15,17)(H,16,19). The van der Waals surface area contributed by atoms with Gasteiger partial charge >= 0.3 is 0 Å². The number of anilines is 2. The summed E-state index contributed by atoms with van der Waals surface area (Å²) >= 11 is 1.28. The zero-order chi connectivity index (χ0) is 15.0. The molecule has 0 bridgehead atoms. The highest BCUT2D eigenvalue weighted by atomic mass is 32.1. The van der Waals surface area contributed by atoms with E-state index in [4.69, 9.17) is 5.73 Å². The number of nitrogen functional groups attached to an aromatic ring is 1. The van der Waals surface area contributed by atoms with Gasteiger partial charge in [-0.05, 0) is 19.8 Å². The van der Waals surface area contributed by atoms with E-state index in [-0.39, 0.29) is 29.6 Å². The Morgan fingerprint density at radius 2 is 2.43 bits per heavy atom. The molecule has 3 heterocycles. The molecule has 0 saturated carbocycles. The van der Waals surface area contributed by atoms with E-state index in [1.165, 1.54) is 11.3 Å². The van der Waals surface area contributed by atoms with Gasteiger partial charge in [-0.3, -0.25) is 9.59 Å². The molecule has 0 spiro atoms. The number of fused-ring (bicyclic) bond motifs is 1. The van der Waals surface area contributed by atoms with Crippen LogP contribution in [-0.2, 0) is 4.79 Å². The summed E-state index contributed by atoms with van der Waals surface area (Å²) in [7, 11) is 0. The number of likely N-dealkylation sites (tertiary alicyclic amines) is 1. The van der Waals surface area contributed by atoms with Gasteiger partial charge in [-0.1, -0.05) is 11.3 Å². The molecule has 7 nitrogen and oxygen atoms in total. The molecule has 2 aliphatic rings. The number of hydrogen-bond acceptors (Lipinski definition) is 6. The van der Waals surface area contributed by atoms with Crippen LogP contribution in [0.2, 0.25) is 0 Å². The van der Waals surface area contributed by atoms with Crippen molar-refractivity contribution in [2.24, 2.45) is 5.92 Å². The first-order valence-corrected chi connectivity index (χ1v) is 8.02. The lowest BCUT2D eigenvalue weighted by Gasteiger charge is -2.35. The van der Waals surface area contributed by atoms with Crippen molar-refractivity contribution < 1.29 is 9.59 Å². The van der Waals surface area contributed by atoms with Crippen LogP contribution in [-0.4, -0.2) is 47.4 Å². The number of carbonyl (C=O) groups excluding carboxylic acids is 2. The van der Waals surface area contributed by atoms with Gasteiger partial charge in [0.2, 0.25) is 5.91 Å². The number of aromatic nitrogens is 1. The topological polar surface area (TPSA) is 100 Å². The van der Waals surface area contributed by atoms with Crippen LogP contribution in [0.15, 0.2) is 0 Å². The van der Waals surface area contributed by atoms with Crippen molar-refractivity contribution in [2.75, 3.05) is 30.7 Å². The zero-order valence-corrected chi connectivity index (χ0v) is 12.7. The van der Waals surface area contributed by atoms with Crippen LogP contribution in [0.1, 0.15) is 29.4 Å². The summed E-state index contributed by atoms with van der Waals surface area (Å²) in [5, 5.41) is 6.58. The van der Waals surface area contributed by atoms with Crippen LogP contribution in [0.3, 0.4) is 0 Å². The SMILES string of the molecule is CCNc1nc(N)c(C(=O)N2CCCC3C(=O)NCC32)s1. The first-order valence-electron chi connectivity index (χ1n) is 7.20. The van der Waals surface area contributed by atoms with Crippen molar-refractivity contribution in [3.05, 3.63) is 4.88 Å². The van der Waals surface area contributed by atoms with E-state index < -0.39 is 0 Å². The van der Waals surface area contributed by atoms with Gasteiger partial charge in [-0.15, -0.1) is 0 Å². The summed E-state index contributed by atoms with van der Waals surface area (Å²) < 4.78 is 0. The highest BCUT2D eigenvalue weighted by molar-refractivity contribution is 7.18. The molecule has 2 aliphatic heterocycles. The van der Waals surface area contributed by atoms with Gasteiger partial charge in [0.25, 0.3) is 5.91 Å². The van der Waals surface area contributed by atoms with Crippen molar-refractivity contribution in [1.82, 2.24) is 15.2 Å². The Hall–Kier alpha value is -1.83. The molecule has 2 fully saturated rings. The Balaban J connectivity index is 1.82. The van der Waals surface area contributed by atoms with Gasteiger partial charge in [-0.2, -0.15) is 0 Å². The van der Waals surface area contributed by atoms with Crippen LogP contribution in [0.4, 0.5) is 10.9 Å². The smallest absolute Gasteiger partial charge is 0.268 e. The molecule has 2 amide bonds. The van der Waals surface area contributed by atoms with Crippen LogP contribution >= 0.6 is 11.3 Å². The van der Waals surface area contributed by atoms with Gasteiger partial charge < -0.3 is 21.3 Å². The number of amides is 2. The summed E-state index contributed by atoms with van der Waals surface area (Å²) in [6.45, 7) is 3.90. The first-order chi connectivity index (χ1) is 10.1. The molecule has 8 heteroatoms. The van der Waals surface area contributed by atoms with E-state index in [0.29, 0.717) is 23.1 Å². The van der Waals surface area contributed by atoms with Crippen LogP contribution in [0, 0.1) is 5.92 Å². The Bertz CT molecular complexity index is 573. The van der Waals surface area contributed by atoms with Crippen molar-refractivity contribution in [3.63, 3.8) is 0 Å². The molecule has 3 rings (SSSR count). The molecule has 0 aromatic carbocycles. The number of carbonyl (C=O) groups is 2. The molecule has 1 aromatic rings. The van der Waals surface area contributed by atoms with E-state index in [1.54, 1.807) is 4.90 Å². The summed E-state index contributed by atoms with van der Waals surface area (Å²) in [5.41, 5.74) is 5.87. The molecule has 2 atom stereocenters. The molecular weight excluding hydrogens is 290 g/mol. The van der Waals surface area contributed by atoms with Crippen LogP contribution in [0.5, 0.6) is 0 Å². The predicted octanol–water partition coefficient (Wildman–Crippen LogP) is 0.508. The molecule has 21 heavy (non-hydrogen) atoms. The van der Waals surface area contributed by atoms with Gasteiger partial charge in [0.1, 0.15) is 10.7 Å². The van der Waals surface area contributed by atoms with Crippen molar-refractivity contribution in [3.8, 4) is 0 Å².